The fraction of sp³-hybridized carbons (Fsp3) is 0.222. The third-order valence-electron chi connectivity index (χ3n) is 1.55. The molecule has 0 radical (unpaired) electrons. The number of rotatable bonds is 3. The van der Waals surface area contributed by atoms with Crippen LogP contribution in [0.4, 0.5) is 11.4 Å². The zero-order chi connectivity index (χ0) is 9.68. The van der Waals surface area contributed by atoms with Gasteiger partial charge in [0, 0.05) is 11.4 Å². The summed E-state index contributed by atoms with van der Waals surface area (Å²) in [7, 11) is 1.35. The van der Waals surface area contributed by atoms with Crippen LogP contribution < -0.4 is 11.1 Å². The highest BCUT2D eigenvalue weighted by atomic mass is 16.5. The number of nitrogen functional groups attached to an aromatic ring is 1. The molecule has 0 aliphatic carbocycles. The van der Waals surface area contributed by atoms with Crippen molar-refractivity contribution in [1.82, 2.24) is 0 Å². The highest BCUT2D eigenvalue weighted by molar-refractivity contribution is 5.75. The molecule has 4 nitrogen and oxygen atoms in total. The third kappa shape index (κ3) is 3.02. The van der Waals surface area contributed by atoms with Crippen LogP contribution in [0.25, 0.3) is 0 Å². The van der Waals surface area contributed by atoms with Gasteiger partial charge in [0.25, 0.3) is 0 Å². The number of nitrogens with two attached hydrogens (primary N) is 1. The molecular weight excluding hydrogens is 168 g/mol. The predicted octanol–water partition coefficient (Wildman–Crippen LogP) is 0.854. The fourth-order valence-electron chi connectivity index (χ4n) is 0.895. The lowest BCUT2D eigenvalue weighted by Crippen LogP contribution is -2.14. The molecule has 0 aliphatic rings. The lowest BCUT2D eigenvalue weighted by molar-refractivity contribution is -0.138. The topological polar surface area (TPSA) is 64.3 Å². The molecule has 4 heteroatoms. The molecule has 0 unspecified atom stereocenters. The molecule has 0 aromatic heterocycles. The number of hydrogen-bond acceptors (Lipinski definition) is 4. The lowest BCUT2D eigenvalue weighted by atomic mass is 10.3. The second-order valence-corrected chi connectivity index (χ2v) is 2.56. The van der Waals surface area contributed by atoms with Crippen molar-refractivity contribution < 1.29 is 9.53 Å². The number of benzene rings is 1. The first-order valence-electron chi connectivity index (χ1n) is 3.88. The molecule has 0 heterocycles. The minimum absolute atomic E-state index is 0.153. The van der Waals surface area contributed by atoms with Gasteiger partial charge in [-0.2, -0.15) is 0 Å². The molecule has 0 atom stereocenters. The van der Waals surface area contributed by atoms with Gasteiger partial charge >= 0.3 is 5.97 Å². The van der Waals surface area contributed by atoms with Gasteiger partial charge in [-0.1, -0.05) is 6.07 Å². The van der Waals surface area contributed by atoms with Crippen molar-refractivity contribution in [3.8, 4) is 0 Å². The Morgan fingerprint density at radius 2 is 2.38 bits per heavy atom. The van der Waals surface area contributed by atoms with Crippen LogP contribution >= 0.6 is 0 Å². The van der Waals surface area contributed by atoms with E-state index in [1.165, 1.54) is 7.11 Å². The minimum Gasteiger partial charge on any atom is -0.468 e. The molecule has 1 aromatic carbocycles. The average Bonchev–Trinajstić information content (AvgIpc) is 2.14. The van der Waals surface area contributed by atoms with Crippen LogP contribution in [0.15, 0.2) is 24.3 Å². The average molecular weight is 180 g/mol. The quantitative estimate of drug-likeness (QED) is 0.534. The standard InChI is InChI=1S/C9H12N2O2/c1-13-9(12)6-11-8-4-2-3-7(10)5-8/h2-5,11H,6,10H2,1H3. The van der Waals surface area contributed by atoms with E-state index in [1.54, 1.807) is 12.1 Å². The summed E-state index contributed by atoms with van der Waals surface area (Å²) in [5, 5.41) is 2.88. The van der Waals surface area contributed by atoms with Gasteiger partial charge < -0.3 is 15.8 Å². The van der Waals surface area contributed by atoms with Gasteiger partial charge in [-0.3, -0.25) is 4.79 Å². The summed E-state index contributed by atoms with van der Waals surface area (Å²) in [4.78, 5) is 10.8. The van der Waals surface area contributed by atoms with Gasteiger partial charge in [-0.25, -0.2) is 0 Å². The SMILES string of the molecule is COC(=O)CNc1cccc(N)c1. The van der Waals surface area contributed by atoms with E-state index in [0.29, 0.717) is 5.69 Å². The Bertz CT molecular complexity index is 299. The van der Waals surface area contributed by atoms with Gasteiger partial charge in [0.2, 0.25) is 0 Å². The van der Waals surface area contributed by atoms with Crippen LogP contribution in [0.2, 0.25) is 0 Å². The van der Waals surface area contributed by atoms with E-state index >= 15 is 0 Å². The Hall–Kier alpha value is -1.71. The van der Waals surface area contributed by atoms with E-state index in [-0.39, 0.29) is 12.5 Å². The normalized spacial score (nSPS) is 9.31. The Morgan fingerprint density at radius 1 is 1.62 bits per heavy atom. The Balaban J connectivity index is 2.50. The van der Waals surface area contributed by atoms with Gasteiger partial charge in [-0.05, 0) is 18.2 Å². The second kappa shape index (κ2) is 4.35. The van der Waals surface area contributed by atoms with Gasteiger partial charge in [-0.15, -0.1) is 0 Å². The second-order valence-electron chi connectivity index (χ2n) is 2.56. The number of nitrogens with one attached hydrogen (secondary N) is 1. The minimum atomic E-state index is -0.303. The highest BCUT2D eigenvalue weighted by Crippen LogP contribution is 2.10. The van der Waals surface area contributed by atoms with E-state index in [1.807, 2.05) is 12.1 Å². The van der Waals surface area contributed by atoms with Crippen LogP contribution in [0.5, 0.6) is 0 Å². The molecule has 0 saturated heterocycles. The van der Waals surface area contributed by atoms with Crippen molar-refractivity contribution in [2.45, 2.75) is 0 Å². The van der Waals surface area contributed by atoms with Crippen LogP contribution in [0.1, 0.15) is 0 Å². The van der Waals surface area contributed by atoms with E-state index in [9.17, 15) is 4.79 Å². The van der Waals surface area contributed by atoms with E-state index in [2.05, 4.69) is 10.1 Å². The first kappa shape index (κ1) is 9.38. The molecule has 0 fully saturated rings. The van der Waals surface area contributed by atoms with Crippen molar-refractivity contribution in [2.24, 2.45) is 0 Å². The number of methoxy groups -OCH3 is 1. The first-order chi connectivity index (χ1) is 6.22. The maximum absolute atomic E-state index is 10.8. The Morgan fingerprint density at radius 3 is 3.00 bits per heavy atom. The number of hydrogen-bond donors (Lipinski definition) is 2. The molecule has 1 aromatic rings. The molecule has 0 amide bonds. The van der Waals surface area contributed by atoms with Crippen molar-refractivity contribution in [3.05, 3.63) is 24.3 Å². The summed E-state index contributed by atoms with van der Waals surface area (Å²) >= 11 is 0. The monoisotopic (exact) mass is 180 g/mol. The van der Waals surface area contributed by atoms with E-state index in [0.717, 1.165) is 5.69 Å². The lowest BCUT2D eigenvalue weighted by Gasteiger charge is -2.04. The summed E-state index contributed by atoms with van der Waals surface area (Å²) in [6.45, 7) is 0.153. The number of anilines is 2. The first-order valence-corrected chi connectivity index (χ1v) is 3.88. The van der Waals surface area contributed by atoms with Gasteiger partial charge in [0.05, 0.1) is 7.11 Å². The molecule has 1 rings (SSSR count). The van der Waals surface area contributed by atoms with Gasteiger partial charge in [0.1, 0.15) is 6.54 Å². The maximum Gasteiger partial charge on any atom is 0.325 e. The zero-order valence-electron chi connectivity index (χ0n) is 7.41. The number of esters is 1. The fourth-order valence-corrected chi connectivity index (χ4v) is 0.895. The summed E-state index contributed by atoms with van der Waals surface area (Å²) in [5.41, 5.74) is 7.01. The maximum atomic E-state index is 10.8. The van der Waals surface area contributed by atoms with Crippen LogP contribution in [0, 0.1) is 0 Å². The summed E-state index contributed by atoms with van der Waals surface area (Å²) in [6, 6.07) is 7.18. The number of carbonyl (C=O) groups is 1. The smallest absolute Gasteiger partial charge is 0.325 e. The van der Waals surface area contributed by atoms with Gasteiger partial charge in [0.15, 0.2) is 0 Å². The van der Waals surface area contributed by atoms with E-state index in [4.69, 9.17) is 5.73 Å². The highest BCUT2D eigenvalue weighted by Gasteiger charge is 1.98. The van der Waals surface area contributed by atoms with Crippen molar-refractivity contribution in [3.63, 3.8) is 0 Å². The van der Waals surface area contributed by atoms with Crippen LogP contribution in [-0.2, 0) is 9.53 Å². The predicted molar refractivity (Wildman–Crippen MR) is 51.4 cm³/mol. The molecule has 0 spiro atoms. The third-order valence-corrected chi connectivity index (χ3v) is 1.55. The molecule has 70 valence electrons. The molecule has 0 aliphatic heterocycles. The van der Waals surface area contributed by atoms with Crippen molar-refractivity contribution >= 4 is 17.3 Å². The zero-order valence-corrected chi connectivity index (χ0v) is 7.41. The van der Waals surface area contributed by atoms with Crippen molar-refractivity contribution in [1.29, 1.82) is 0 Å². The largest absolute Gasteiger partial charge is 0.468 e. The Labute approximate surface area is 76.7 Å². The Kier molecular flexibility index (Phi) is 3.14. The van der Waals surface area contributed by atoms with Crippen LogP contribution in [0.3, 0.4) is 0 Å². The molecular formula is C9H12N2O2. The number of ether oxygens (including phenoxy) is 1. The molecule has 13 heavy (non-hydrogen) atoms. The summed E-state index contributed by atoms with van der Waals surface area (Å²) < 4.78 is 4.47. The summed E-state index contributed by atoms with van der Waals surface area (Å²) in [5.74, 6) is -0.303. The molecule has 0 saturated carbocycles. The van der Waals surface area contributed by atoms with Crippen LogP contribution in [-0.4, -0.2) is 19.6 Å². The number of carbonyl (C=O) groups excluding carboxylic acids is 1. The van der Waals surface area contributed by atoms with Crippen molar-refractivity contribution in [2.75, 3.05) is 24.7 Å². The van der Waals surface area contributed by atoms with E-state index < -0.39 is 0 Å². The molecule has 0 bridgehead atoms. The molecule has 3 N–H and O–H groups in total. The summed E-state index contributed by atoms with van der Waals surface area (Å²) in [6.07, 6.45) is 0.